The summed E-state index contributed by atoms with van der Waals surface area (Å²) in [6.45, 7) is 1.75. The van der Waals surface area contributed by atoms with E-state index in [1.807, 2.05) is 11.0 Å². The van der Waals surface area contributed by atoms with Crippen LogP contribution in [-0.2, 0) is 20.9 Å². The van der Waals surface area contributed by atoms with Gasteiger partial charge in [-0.2, -0.15) is 0 Å². The van der Waals surface area contributed by atoms with E-state index in [0.29, 0.717) is 16.1 Å². The molecule has 1 aromatic carbocycles. The van der Waals surface area contributed by atoms with Crippen LogP contribution in [0.5, 0.6) is 0 Å². The molecule has 0 unspecified atom stereocenters. The Balaban J connectivity index is 1.82. The Bertz CT molecular complexity index is 904. The maximum atomic E-state index is 12.9. The molecule has 0 saturated carbocycles. The molecule has 1 aromatic heterocycles. The van der Waals surface area contributed by atoms with Gasteiger partial charge in [0.2, 0.25) is 5.91 Å². The fourth-order valence-electron chi connectivity index (χ4n) is 3.30. The monoisotopic (exact) mass is 403 g/mol. The number of hydrogen-bond acceptors (Lipinski definition) is 6. The van der Waals surface area contributed by atoms with Crippen LogP contribution in [0.25, 0.3) is 10.9 Å². The standard InChI is InChI=1S/C20H25N3O4S/c1-27-18(25)10-13-23-19(26)15-8-4-5-9-16(15)21-20(23)28-14-17(24)22-11-6-2-3-7-12-22/h4-5,8-9H,2-3,6-7,10-14H2,1H3. The van der Waals surface area contributed by atoms with Crippen molar-refractivity contribution in [2.75, 3.05) is 26.0 Å². The number of hydrogen-bond donors (Lipinski definition) is 0. The van der Waals surface area contributed by atoms with E-state index in [1.165, 1.54) is 23.4 Å². The number of benzene rings is 1. The summed E-state index contributed by atoms with van der Waals surface area (Å²) < 4.78 is 6.16. The van der Waals surface area contributed by atoms with Crippen molar-refractivity contribution in [1.82, 2.24) is 14.5 Å². The molecule has 2 aromatic rings. The molecule has 2 heterocycles. The average molecular weight is 404 g/mol. The van der Waals surface area contributed by atoms with Gasteiger partial charge < -0.3 is 9.64 Å². The summed E-state index contributed by atoms with van der Waals surface area (Å²) in [4.78, 5) is 43.5. The van der Waals surface area contributed by atoms with Crippen LogP contribution in [0.15, 0.2) is 34.2 Å². The summed E-state index contributed by atoms with van der Waals surface area (Å²) in [5.41, 5.74) is 0.380. The minimum absolute atomic E-state index is 0.0637. The van der Waals surface area contributed by atoms with E-state index in [9.17, 15) is 14.4 Å². The fourth-order valence-corrected chi connectivity index (χ4v) is 4.23. The molecule has 3 rings (SSSR count). The topological polar surface area (TPSA) is 81.5 Å². The van der Waals surface area contributed by atoms with E-state index in [4.69, 9.17) is 0 Å². The third-order valence-electron chi connectivity index (χ3n) is 4.88. The zero-order chi connectivity index (χ0) is 19.9. The van der Waals surface area contributed by atoms with Crippen LogP contribution >= 0.6 is 11.8 Å². The average Bonchev–Trinajstić information content (AvgIpc) is 3.01. The summed E-state index contributed by atoms with van der Waals surface area (Å²) in [6.07, 6.45) is 4.47. The van der Waals surface area contributed by atoms with Gasteiger partial charge in [0.05, 0.1) is 30.2 Å². The van der Waals surface area contributed by atoms with Crippen LogP contribution in [0.3, 0.4) is 0 Å². The largest absolute Gasteiger partial charge is 0.469 e. The molecule has 7 nitrogen and oxygen atoms in total. The highest BCUT2D eigenvalue weighted by atomic mass is 32.2. The molecule has 1 aliphatic rings. The maximum Gasteiger partial charge on any atom is 0.307 e. The second-order valence-corrected chi connectivity index (χ2v) is 7.72. The minimum atomic E-state index is -0.392. The molecule has 28 heavy (non-hydrogen) atoms. The number of fused-ring (bicyclic) bond motifs is 1. The van der Waals surface area contributed by atoms with Crippen molar-refractivity contribution in [2.45, 2.75) is 43.8 Å². The third-order valence-corrected chi connectivity index (χ3v) is 5.84. The molecular weight excluding hydrogens is 378 g/mol. The first-order chi connectivity index (χ1) is 13.6. The summed E-state index contributed by atoms with van der Waals surface area (Å²) in [6, 6.07) is 7.11. The lowest BCUT2D eigenvalue weighted by atomic mass is 10.2. The van der Waals surface area contributed by atoms with Gasteiger partial charge in [-0.05, 0) is 25.0 Å². The number of amides is 1. The Morgan fingerprint density at radius 1 is 1.14 bits per heavy atom. The molecule has 1 aliphatic heterocycles. The van der Waals surface area contributed by atoms with Gasteiger partial charge in [-0.3, -0.25) is 19.0 Å². The van der Waals surface area contributed by atoms with Crippen molar-refractivity contribution in [2.24, 2.45) is 0 Å². The van der Waals surface area contributed by atoms with Gasteiger partial charge in [0.15, 0.2) is 5.16 Å². The predicted molar refractivity (Wildman–Crippen MR) is 108 cm³/mol. The molecular formula is C20H25N3O4S. The van der Waals surface area contributed by atoms with Crippen LogP contribution < -0.4 is 5.56 Å². The molecule has 0 aliphatic carbocycles. The minimum Gasteiger partial charge on any atom is -0.469 e. The lowest BCUT2D eigenvalue weighted by Gasteiger charge is -2.20. The first kappa shape index (κ1) is 20.4. The summed E-state index contributed by atoms with van der Waals surface area (Å²) >= 11 is 1.25. The highest BCUT2D eigenvalue weighted by Gasteiger charge is 2.18. The van der Waals surface area contributed by atoms with Crippen LogP contribution in [0.1, 0.15) is 32.1 Å². The SMILES string of the molecule is COC(=O)CCn1c(SCC(=O)N2CCCCCC2)nc2ccccc2c1=O. The number of thioether (sulfide) groups is 1. The summed E-state index contributed by atoms with van der Waals surface area (Å²) in [7, 11) is 1.32. The van der Waals surface area contributed by atoms with Crippen molar-refractivity contribution in [3.63, 3.8) is 0 Å². The smallest absolute Gasteiger partial charge is 0.307 e. The van der Waals surface area contributed by atoms with Crippen LogP contribution in [0, 0.1) is 0 Å². The molecule has 1 amide bonds. The molecule has 150 valence electrons. The highest BCUT2D eigenvalue weighted by Crippen LogP contribution is 2.20. The molecule has 8 heteroatoms. The van der Waals surface area contributed by atoms with Crippen molar-refractivity contribution < 1.29 is 14.3 Å². The number of ether oxygens (including phenoxy) is 1. The third kappa shape index (κ3) is 4.92. The Morgan fingerprint density at radius 2 is 1.86 bits per heavy atom. The van der Waals surface area contributed by atoms with Gasteiger partial charge >= 0.3 is 5.97 Å². The number of carbonyl (C=O) groups excluding carboxylic acids is 2. The van der Waals surface area contributed by atoms with Gasteiger partial charge in [0, 0.05) is 19.6 Å². The lowest BCUT2D eigenvalue weighted by Crippen LogP contribution is -2.33. The molecule has 0 N–H and O–H groups in total. The first-order valence-corrected chi connectivity index (χ1v) is 10.6. The molecule has 0 spiro atoms. The first-order valence-electron chi connectivity index (χ1n) is 9.57. The van der Waals surface area contributed by atoms with Crippen LogP contribution in [0.4, 0.5) is 0 Å². The second-order valence-electron chi connectivity index (χ2n) is 6.78. The van der Waals surface area contributed by atoms with Gasteiger partial charge in [0.1, 0.15) is 0 Å². The number of rotatable bonds is 6. The predicted octanol–water partition coefficient (Wildman–Crippen LogP) is 2.45. The Kier molecular flexibility index (Phi) is 7.08. The zero-order valence-corrected chi connectivity index (χ0v) is 16.9. The van der Waals surface area contributed by atoms with Crippen molar-refractivity contribution in [1.29, 1.82) is 0 Å². The normalized spacial score (nSPS) is 14.7. The molecule has 0 bridgehead atoms. The van der Waals surface area contributed by atoms with Crippen LogP contribution in [0.2, 0.25) is 0 Å². The van der Waals surface area contributed by atoms with Crippen molar-refractivity contribution >= 4 is 34.5 Å². The Labute approximate surface area is 168 Å². The van der Waals surface area contributed by atoms with Crippen LogP contribution in [-0.4, -0.2) is 52.3 Å². The lowest BCUT2D eigenvalue weighted by molar-refractivity contribution is -0.140. The Hall–Kier alpha value is -2.35. The van der Waals surface area contributed by atoms with E-state index >= 15 is 0 Å². The number of carbonyl (C=O) groups is 2. The number of esters is 1. The van der Waals surface area contributed by atoms with Crippen molar-refractivity contribution in [3.8, 4) is 0 Å². The van der Waals surface area contributed by atoms with Gasteiger partial charge in [-0.15, -0.1) is 0 Å². The summed E-state index contributed by atoms with van der Waals surface area (Å²) in [5, 5.41) is 0.950. The fraction of sp³-hybridized carbons (Fsp3) is 0.500. The van der Waals surface area contributed by atoms with E-state index in [0.717, 1.165) is 38.8 Å². The number of nitrogens with zero attached hydrogens (tertiary/aromatic N) is 3. The highest BCUT2D eigenvalue weighted by molar-refractivity contribution is 7.99. The van der Waals surface area contributed by atoms with E-state index in [-0.39, 0.29) is 30.2 Å². The quantitative estimate of drug-likeness (QED) is 0.419. The summed E-state index contributed by atoms with van der Waals surface area (Å²) in [5.74, 6) is -0.103. The second kappa shape index (κ2) is 9.73. The Morgan fingerprint density at radius 3 is 2.57 bits per heavy atom. The van der Waals surface area contributed by atoms with Gasteiger partial charge in [0.25, 0.3) is 5.56 Å². The van der Waals surface area contributed by atoms with Gasteiger partial charge in [-0.25, -0.2) is 4.98 Å². The van der Waals surface area contributed by atoms with Gasteiger partial charge in [-0.1, -0.05) is 36.7 Å². The molecule has 0 radical (unpaired) electrons. The van der Waals surface area contributed by atoms with E-state index < -0.39 is 5.97 Å². The number of para-hydroxylation sites is 1. The van der Waals surface area contributed by atoms with Crippen molar-refractivity contribution in [3.05, 3.63) is 34.6 Å². The number of likely N-dealkylation sites (tertiary alicyclic amines) is 1. The molecule has 0 atom stereocenters. The molecule has 1 saturated heterocycles. The molecule has 1 fully saturated rings. The van der Waals surface area contributed by atoms with E-state index in [2.05, 4.69) is 9.72 Å². The number of methoxy groups -OCH3 is 1. The van der Waals surface area contributed by atoms with E-state index in [1.54, 1.807) is 18.2 Å². The maximum absolute atomic E-state index is 12.9. The number of aromatic nitrogens is 2. The zero-order valence-electron chi connectivity index (χ0n) is 16.1.